The summed E-state index contributed by atoms with van der Waals surface area (Å²) in [6.45, 7) is 2.21. The molecule has 10 atom stereocenters. The van der Waals surface area contributed by atoms with Gasteiger partial charge in [0.05, 0.1) is 30.7 Å². The van der Waals surface area contributed by atoms with Gasteiger partial charge in [-0.2, -0.15) is 0 Å². The number of benzene rings is 1. The summed E-state index contributed by atoms with van der Waals surface area (Å²) in [6.07, 6.45) is 2.67. The fourth-order valence-electron chi connectivity index (χ4n) is 8.58. The molecule has 4 saturated heterocycles. The molecule has 6 aliphatic rings. The number of rotatable bonds is 1. The van der Waals surface area contributed by atoms with Crippen molar-refractivity contribution in [2.24, 2.45) is 17.8 Å². The number of anilines is 1. The van der Waals surface area contributed by atoms with E-state index in [1.165, 1.54) is 11.3 Å². The van der Waals surface area contributed by atoms with E-state index in [4.69, 9.17) is 0 Å². The van der Waals surface area contributed by atoms with Crippen molar-refractivity contribution in [1.82, 2.24) is 0 Å². The van der Waals surface area contributed by atoms with Crippen molar-refractivity contribution in [2.45, 2.75) is 62.1 Å². The molecule has 2 N–H and O–H groups in total. The van der Waals surface area contributed by atoms with E-state index in [2.05, 4.69) is 50.2 Å². The molecule has 25 heavy (non-hydrogen) atoms. The maximum absolute atomic E-state index is 11.7. The highest BCUT2D eigenvalue weighted by Gasteiger charge is 2.82. The van der Waals surface area contributed by atoms with E-state index >= 15 is 0 Å². The Bertz CT molecular complexity index is 768. The van der Waals surface area contributed by atoms with Gasteiger partial charge in [0.15, 0.2) is 6.23 Å². The van der Waals surface area contributed by atoms with Crippen LogP contribution in [0.2, 0.25) is 0 Å². The Morgan fingerprint density at radius 3 is 2.76 bits per heavy atom. The number of hydrogen-bond donors (Lipinski definition) is 2. The van der Waals surface area contributed by atoms with Crippen molar-refractivity contribution < 1.29 is 14.7 Å². The summed E-state index contributed by atoms with van der Waals surface area (Å²) in [6, 6.07) is 9.87. The second kappa shape index (κ2) is 4.24. The number of likely N-dealkylation sites (N-methyl/N-ethyl adjacent to an activating group) is 2. The smallest absolute Gasteiger partial charge is 0.193 e. The zero-order chi connectivity index (χ0) is 17.3. The van der Waals surface area contributed by atoms with E-state index < -0.39 is 0 Å². The SMILES string of the molecule is CC[C@H]1[C@@H]2C[C@H]3[C@@H]4N(C)c5ccccc5[C@]45C[C@@H]([C@@H]2[C@H]5O)[N+]3(C)[C@@H]1O. The molecule has 1 aliphatic carbocycles. The molecule has 1 unspecified atom stereocenters. The highest BCUT2D eigenvalue weighted by molar-refractivity contribution is 5.66. The molecule has 0 aromatic heterocycles. The highest BCUT2D eigenvalue weighted by atomic mass is 16.3. The van der Waals surface area contributed by atoms with Crippen LogP contribution in [0.5, 0.6) is 0 Å². The summed E-state index contributed by atoms with van der Waals surface area (Å²) in [5.74, 6) is 1.17. The first-order chi connectivity index (χ1) is 12.0. The number of hydrogen-bond acceptors (Lipinski definition) is 3. The summed E-state index contributed by atoms with van der Waals surface area (Å²) in [4.78, 5) is 2.44. The first kappa shape index (κ1) is 15.0. The van der Waals surface area contributed by atoms with Crippen LogP contribution < -0.4 is 4.90 Å². The lowest BCUT2D eigenvalue weighted by Crippen LogP contribution is -2.81. The van der Waals surface area contributed by atoms with Gasteiger partial charge < -0.3 is 15.1 Å². The molecule has 134 valence electrons. The molecule has 5 heterocycles. The van der Waals surface area contributed by atoms with Crippen LogP contribution in [0.1, 0.15) is 31.7 Å². The molecule has 1 spiro atoms. The minimum atomic E-state index is -0.273. The normalized spacial score (nSPS) is 57.1. The predicted molar refractivity (Wildman–Crippen MR) is 96.1 cm³/mol. The third kappa shape index (κ3) is 1.27. The van der Waals surface area contributed by atoms with E-state index in [1.807, 2.05) is 0 Å². The van der Waals surface area contributed by atoms with E-state index in [0.29, 0.717) is 35.9 Å². The van der Waals surface area contributed by atoms with Crippen LogP contribution >= 0.6 is 0 Å². The van der Waals surface area contributed by atoms with Gasteiger partial charge in [0.1, 0.15) is 6.04 Å². The Kier molecular flexibility index (Phi) is 2.54. The Morgan fingerprint density at radius 2 is 2.00 bits per heavy atom. The predicted octanol–water partition coefficient (Wildman–Crippen LogP) is 1.70. The minimum Gasteiger partial charge on any atom is -0.392 e. The second-order valence-electron chi connectivity index (χ2n) is 9.58. The standard InChI is InChI=1S/C21H29N2O2/c1-4-11-12-9-15-18-21(13-7-5-6-8-14(13)22(18)2)10-16(17(12)19(21)24)23(15,3)20(11)25/h5-8,11-12,15-20,24-25H,4,9-10H2,1-3H3/q+1/t11-,12-,15-,16-,17+,18-,19+,20+,21+,23?/m0/s1. The molecule has 1 aromatic carbocycles. The van der Waals surface area contributed by atoms with Crippen LogP contribution in [0.25, 0.3) is 0 Å². The Morgan fingerprint density at radius 1 is 1.24 bits per heavy atom. The molecule has 7 rings (SSSR count). The Labute approximate surface area is 149 Å². The van der Waals surface area contributed by atoms with Crippen LogP contribution in [-0.4, -0.2) is 59.2 Å². The monoisotopic (exact) mass is 341 g/mol. The second-order valence-corrected chi connectivity index (χ2v) is 9.58. The van der Waals surface area contributed by atoms with Gasteiger partial charge in [0.2, 0.25) is 0 Å². The Hall–Kier alpha value is -1.10. The molecule has 0 amide bonds. The van der Waals surface area contributed by atoms with Gasteiger partial charge in [-0.3, -0.25) is 4.48 Å². The number of para-hydroxylation sites is 1. The fraction of sp³-hybridized carbons (Fsp3) is 0.714. The molecule has 4 heteroatoms. The molecule has 4 nitrogen and oxygen atoms in total. The van der Waals surface area contributed by atoms with Crippen molar-refractivity contribution in [2.75, 3.05) is 19.0 Å². The summed E-state index contributed by atoms with van der Waals surface area (Å²) in [5, 5.41) is 23.1. The molecule has 5 fully saturated rings. The van der Waals surface area contributed by atoms with Gasteiger partial charge in [0.25, 0.3) is 0 Å². The fourth-order valence-corrected chi connectivity index (χ4v) is 8.58. The van der Waals surface area contributed by atoms with E-state index in [-0.39, 0.29) is 17.7 Å². The topological polar surface area (TPSA) is 43.7 Å². The van der Waals surface area contributed by atoms with Gasteiger partial charge in [-0.05, 0) is 24.0 Å². The zero-order valence-corrected chi connectivity index (χ0v) is 15.3. The average Bonchev–Trinajstić information content (AvgIpc) is 2.99. The highest BCUT2D eigenvalue weighted by Crippen LogP contribution is 2.70. The van der Waals surface area contributed by atoms with E-state index in [1.54, 1.807) is 0 Å². The van der Waals surface area contributed by atoms with Gasteiger partial charge in [-0.15, -0.1) is 0 Å². The maximum Gasteiger partial charge on any atom is 0.193 e. The van der Waals surface area contributed by atoms with E-state index in [9.17, 15) is 10.2 Å². The zero-order valence-electron chi connectivity index (χ0n) is 15.3. The van der Waals surface area contributed by atoms with Crippen molar-refractivity contribution in [3.8, 4) is 0 Å². The third-order valence-corrected chi connectivity index (χ3v) is 9.39. The van der Waals surface area contributed by atoms with Crippen molar-refractivity contribution >= 4 is 5.69 Å². The number of fused-ring (bicyclic) bond motifs is 2. The molecular weight excluding hydrogens is 312 g/mol. The number of nitrogens with zero attached hydrogens (tertiary/aromatic N) is 2. The molecule has 1 aromatic rings. The van der Waals surface area contributed by atoms with Crippen molar-refractivity contribution in [3.05, 3.63) is 29.8 Å². The number of piperidine rings is 4. The average molecular weight is 341 g/mol. The van der Waals surface area contributed by atoms with Crippen LogP contribution in [0.4, 0.5) is 5.69 Å². The van der Waals surface area contributed by atoms with Crippen molar-refractivity contribution in [3.63, 3.8) is 0 Å². The van der Waals surface area contributed by atoms with Crippen LogP contribution in [-0.2, 0) is 5.41 Å². The molecule has 5 aliphatic heterocycles. The lowest BCUT2D eigenvalue weighted by molar-refractivity contribution is -1.02. The molecule has 0 radical (unpaired) electrons. The molecule has 1 saturated carbocycles. The number of aliphatic hydroxyl groups is 2. The lowest BCUT2D eigenvalue weighted by atomic mass is 9.61. The lowest BCUT2D eigenvalue weighted by Gasteiger charge is -2.66. The number of quaternary nitrogens is 1. The number of aliphatic hydroxyl groups excluding tert-OH is 2. The van der Waals surface area contributed by atoms with E-state index in [0.717, 1.165) is 23.7 Å². The first-order valence-corrected chi connectivity index (χ1v) is 10.0. The summed E-state index contributed by atoms with van der Waals surface area (Å²) < 4.78 is 0.779. The summed E-state index contributed by atoms with van der Waals surface area (Å²) in [5.41, 5.74) is 2.54. The quantitative estimate of drug-likeness (QED) is 0.764. The molecule has 5 bridgehead atoms. The third-order valence-electron chi connectivity index (χ3n) is 9.39. The van der Waals surface area contributed by atoms with Gasteiger partial charge in [0, 0.05) is 37.4 Å². The van der Waals surface area contributed by atoms with Crippen LogP contribution in [0.15, 0.2) is 24.3 Å². The first-order valence-electron chi connectivity index (χ1n) is 10.0. The summed E-state index contributed by atoms with van der Waals surface area (Å²) in [7, 11) is 4.51. The van der Waals surface area contributed by atoms with Gasteiger partial charge in [-0.1, -0.05) is 25.1 Å². The summed E-state index contributed by atoms with van der Waals surface area (Å²) >= 11 is 0. The largest absolute Gasteiger partial charge is 0.392 e. The Balaban J connectivity index is 1.63. The van der Waals surface area contributed by atoms with Gasteiger partial charge >= 0.3 is 0 Å². The van der Waals surface area contributed by atoms with Crippen LogP contribution in [0.3, 0.4) is 0 Å². The van der Waals surface area contributed by atoms with Gasteiger partial charge in [-0.25, -0.2) is 0 Å². The van der Waals surface area contributed by atoms with Crippen molar-refractivity contribution in [1.29, 1.82) is 0 Å². The maximum atomic E-state index is 11.7. The molecular formula is C21H29N2O2+. The minimum absolute atomic E-state index is 0.125. The van der Waals surface area contributed by atoms with Crippen LogP contribution in [0, 0.1) is 17.8 Å².